The molecule has 2 amide bonds. The summed E-state index contributed by atoms with van der Waals surface area (Å²) < 4.78 is 0.943. The van der Waals surface area contributed by atoms with Crippen molar-refractivity contribution in [2.45, 2.75) is 13.3 Å². The van der Waals surface area contributed by atoms with Crippen molar-refractivity contribution in [3.63, 3.8) is 0 Å². The lowest BCUT2D eigenvalue weighted by Gasteiger charge is -2.16. The van der Waals surface area contributed by atoms with Gasteiger partial charge in [0.1, 0.15) is 0 Å². The van der Waals surface area contributed by atoms with Crippen LogP contribution >= 0.6 is 15.9 Å². The van der Waals surface area contributed by atoms with Crippen molar-refractivity contribution in [3.8, 4) is 0 Å². The molecule has 0 spiro atoms. The molecule has 1 atom stereocenters. The van der Waals surface area contributed by atoms with Gasteiger partial charge in [0, 0.05) is 23.1 Å². The molecule has 1 aliphatic rings. The number of rotatable bonds is 4. The molecular weight excluding hydrogens is 382 g/mol. The molecule has 1 N–H and O–H groups in total. The molecule has 1 heterocycles. The van der Waals surface area contributed by atoms with E-state index in [0.717, 1.165) is 21.3 Å². The first-order valence-electron chi connectivity index (χ1n) is 7.98. The summed E-state index contributed by atoms with van der Waals surface area (Å²) in [6.07, 6.45) is 1.78. The van der Waals surface area contributed by atoms with Gasteiger partial charge in [-0.25, -0.2) is 5.43 Å². The normalized spacial score (nSPS) is 17.3. The zero-order chi connectivity index (χ0) is 17.8. The Morgan fingerprint density at radius 2 is 2.04 bits per heavy atom. The highest BCUT2D eigenvalue weighted by Crippen LogP contribution is 2.25. The Balaban J connectivity index is 1.60. The molecule has 0 bridgehead atoms. The predicted octanol–water partition coefficient (Wildman–Crippen LogP) is 3.26. The number of hydrogen-bond acceptors (Lipinski definition) is 3. The first-order valence-corrected chi connectivity index (χ1v) is 8.78. The van der Waals surface area contributed by atoms with Crippen LogP contribution < -0.4 is 10.3 Å². The third-order valence-electron chi connectivity index (χ3n) is 4.08. The summed E-state index contributed by atoms with van der Waals surface area (Å²) in [4.78, 5) is 26.1. The average Bonchev–Trinajstić information content (AvgIpc) is 2.97. The van der Waals surface area contributed by atoms with Crippen LogP contribution in [0, 0.1) is 12.8 Å². The van der Waals surface area contributed by atoms with Crippen molar-refractivity contribution in [3.05, 3.63) is 64.1 Å². The molecule has 2 aromatic rings. The largest absolute Gasteiger partial charge is 0.312 e. The number of nitrogens with one attached hydrogen (secondary N) is 1. The Kier molecular flexibility index (Phi) is 5.28. The number of nitrogens with zero attached hydrogens (tertiary/aromatic N) is 2. The van der Waals surface area contributed by atoms with Crippen LogP contribution in [0.15, 0.2) is 58.1 Å². The summed E-state index contributed by atoms with van der Waals surface area (Å²) in [6, 6.07) is 15.3. The molecule has 1 saturated heterocycles. The molecule has 3 rings (SSSR count). The number of aryl methyl sites for hydroxylation is 1. The fourth-order valence-corrected chi connectivity index (χ4v) is 3.12. The number of halogens is 1. The molecule has 1 fully saturated rings. The second-order valence-electron chi connectivity index (χ2n) is 6.03. The molecule has 0 radical (unpaired) electrons. The third kappa shape index (κ3) is 4.33. The van der Waals surface area contributed by atoms with Crippen LogP contribution in [-0.2, 0) is 9.59 Å². The van der Waals surface area contributed by atoms with E-state index < -0.39 is 5.92 Å². The Labute approximate surface area is 154 Å². The molecule has 5 nitrogen and oxygen atoms in total. The van der Waals surface area contributed by atoms with Crippen LogP contribution in [0.3, 0.4) is 0 Å². The lowest BCUT2D eigenvalue weighted by molar-refractivity contribution is -0.126. The Morgan fingerprint density at radius 3 is 2.76 bits per heavy atom. The first kappa shape index (κ1) is 17.4. The molecule has 128 valence electrons. The molecule has 0 saturated carbocycles. The monoisotopic (exact) mass is 399 g/mol. The molecule has 6 heteroatoms. The number of benzene rings is 2. The summed E-state index contributed by atoms with van der Waals surface area (Å²) in [5.41, 5.74) is 5.36. The van der Waals surface area contributed by atoms with Gasteiger partial charge in [-0.2, -0.15) is 5.10 Å². The van der Waals surface area contributed by atoms with Crippen molar-refractivity contribution in [1.82, 2.24) is 5.43 Å². The van der Waals surface area contributed by atoms with Gasteiger partial charge in [-0.15, -0.1) is 0 Å². The highest BCUT2D eigenvalue weighted by molar-refractivity contribution is 9.10. The summed E-state index contributed by atoms with van der Waals surface area (Å²) in [6.45, 7) is 2.37. The van der Waals surface area contributed by atoms with E-state index in [1.807, 2.05) is 55.5 Å². The van der Waals surface area contributed by atoms with Crippen LogP contribution in [0.25, 0.3) is 0 Å². The summed E-state index contributed by atoms with van der Waals surface area (Å²) in [5.74, 6) is -0.678. The number of carbonyl (C=O) groups is 2. The quantitative estimate of drug-likeness (QED) is 0.633. The van der Waals surface area contributed by atoms with Crippen molar-refractivity contribution in [2.75, 3.05) is 11.4 Å². The lowest BCUT2D eigenvalue weighted by atomic mass is 10.1. The van der Waals surface area contributed by atoms with Gasteiger partial charge in [0.2, 0.25) is 11.8 Å². The number of hydrogen-bond donors (Lipinski definition) is 1. The van der Waals surface area contributed by atoms with E-state index in [9.17, 15) is 9.59 Å². The maximum atomic E-state index is 12.3. The minimum absolute atomic E-state index is 0.0417. The summed E-state index contributed by atoms with van der Waals surface area (Å²) in [7, 11) is 0. The van der Waals surface area contributed by atoms with E-state index in [2.05, 4.69) is 26.5 Å². The third-order valence-corrected chi connectivity index (χ3v) is 4.57. The molecule has 0 aromatic heterocycles. The number of hydrazone groups is 1. The molecule has 2 aromatic carbocycles. The smallest absolute Gasteiger partial charge is 0.245 e. The zero-order valence-corrected chi connectivity index (χ0v) is 15.4. The van der Waals surface area contributed by atoms with E-state index in [-0.39, 0.29) is 18.2 Å². The van der Waals surface area contributed by atoms with Crippen molar-refractivity contribution in [2.24, 2.45) is 11.0 Å². The minimum atomic E-state index is -0.395. The molecule has 0 aliphatic carbocycles. The maximum absolute atomic E-state index is 12.3. The van der Waals surface area contributed by atoms with Gasteiger partial charge in [-0.05, 0) is 36.8 Å². The number of anilines is 1. The lowest BCUT2D eigenvalue weighted by Crippen LogP contribution is -2.30. The van der Waals surface area contributed by atoms with Crippen molar-refractivity contribution in [1.29, 1.82) is 0 Å². The standard InChI is InChI=1S/C19H18BrN3O2/c1-13-5-7-17(8-6-13)23-12-15(10-18(23)24)19(25)22-21-11-14-3-2-4-16(20)9-14/h2-9,11,15H,10,12H2,1H3,(H,22,25)/b21-11+. The number of amides is 2. The van der Waals surface area contributed by atoms with Gasteiger partial charge >= 0.3 is 0 Å². The van der Waals surface area contributed by atoms with Crippen LogP contribution in [0.2, 0.25) is 0 Å². The summed E-state index contributed by atoms with van der Waals surface area (Å²) in [5, 5.41) is 3.99. The predicted molar refractivity (Wildman–Crippen MR) is 102 cm³/mol. The molecule has 25 heavy (non-hydrogen) atoms. The van der Waals surface area contributed by atoms with E-state index in [1.165, 1.54) is 0 Å². The van der Waals surface area contributed by atoms with Crippen molar-refractivity contribution >= 4 is 39.6 Å². The minimum Gasteiger partial charge on any atom is -0.312 e. The highest BCUT2D eigenvalue weighted by atomic mass is 79.9. The SMILES string of the molecule is Cc1ccc(N2CC(C(=O)N/N=C/c3cccc(Br)c3)CC2=O)cc1. The molecular formula is C19H18BrN3O2. The van der Waals surface area contributed by atoms with Gasteiger partial charge in [0.05, 0.1) is 12.1 Å². The second kappa shape index (κ2) is 7.61. The van der Waals surface area contributed by atoms with Crippen molar-refractivity contribution < 1.29 is 9.59 Å². The molecule has 1 unspecified atom stereocenters. The van der Waals surface area contributed by atoms with Crippen LogP contribution in [0.5, 0.6) is 0 Å². The summed E-state index contributed by atoms with van der Waals surface area (Å²) >= 11 is 3.38. The van der Waals surface area contributed by atoms with Crippen LogP contribution in [-0.4, -0.2) is 24.6 Å². The average molecular weight is 400 g/mol. The Hall–Kier alpha value is -2.47. The van der Waals surface area contributed by atoms with E-state index >= 15 is 0 Å². The van der Waals surface area contributed by atoms with Gasteiger partial charge < -0.3 is 4.90 Å². The first-order chi connectivity index (χ1) is 12.0. The van der Waals surface area contributed by atoms with Gasteiger partial charge in [0.25, 0.3) is 0 Å². The zero-order valence-electron chi connectivity index (χ0n) is 13.8. The molecule has 1 aliphatic heterocycles. The van der Waals surface area contributed by atoms with Crippen LogP contribution in [0.4, 0.5) is 5.69 Å². The maximum Gasteiger partial charge on any atom is 0.245 e. The van der Waals surface area contributed by atoms with Gasteiger partial charge in [-0.3, -0.25) is 9.59 Å². The second-order valence-corrected chi connectivity index (χ2v) is 6.95. The van der Waals surface area contributed by atoms with E-state index in [4.69, 9.17) is 0 Å². The van der Waals surface area contributed by atoms with Gasteiger partial charge in [0.15, 0.2) is 0 Å². The van der Waals surface area contributed by atoms with Crippen LogP contribution in [0.1, 0.15) is 17.5 Å². The fourth-order valence-electron chi connectivity index (χ4n) is 2.71. The highest BCUT2D eigenvalue weighted by Gasteiger charge is 2.35. The van der Waals surface area contributed by atoms with E-state index in [0.29, 0.717) is 6.54 Å². The fraction of sp³-hybridized carbons (Fsp3) is 0.211. The number of carbonyl (C=O) groups excluding carboxylic acids is 2. The Bertz CT molecular complexity index is 818. The Morgan fingerprint density at radius 1 is 1.28 bits per heavy atom. The van der Waals surface area contributed by atoms with E-state index in [1.54, 1.807) is 11.1 Å². The topological polar surface area (TPSA) is 61.8 Å². The van der Waals surface area contributed by atoms with Gasteiger partial charge in [-0.1, -0.05) is 45.8 Å².